The van der Waals surface area contributed by atoms with Gasteiger partial charge in [-0.3, -0.25) is 4.79 Å². The Kier molecular flexibility index (Phi) is 6.11. The first-order chi connectivity index (χ1) is 10.1. The van der Waals surface area contributed by atoms with Crippen LogP contribution in [0.25, 0.3) is 0 Å². The molecule has 0 spiro atoms. The third-order valence-corrected chi connectivity index (χ3v) is 3.84. The minimum atomic E-state index is -0.685. The summed E-state index contributed by atoms with van der Waals surface area (Å²) in [5.74, 6) is 0.454. The van der Waals surface area contributed by atoms with E-state index in [4.69, 9.17) is 27.9 Å². The molecule has 1 aromatic rings. The minimum Gasteiger partial charge on any atom is -0.488 e. The number of para-hydroxylation sites is 1. The van der Waals surface area contributed by atoms with Crippen molar-refractivity contribution in [3.05, 3.63) is 28.2 Å². The molecule has 116 valence electrons. The number of hydrogen-bond acceptors (Lipinski definition) is 4. The van der Waals surface area contributed by atoms with E-state index < -0.39 is 6.10 Å². The normalized spacial score (nSPS) is 20.0. The van der Waals surface area contributed by atoms with E-state index in [1.165, 1.54) is 0 Å². The molecule has 0 bridgehead atoms. The maximum absolute atomic E-state index is 11.0. The van der Waals surface area contributed by atoms with E-state index in [0.717, 1.165) is 6.42 Å². The minimum absolute atomic E-state index is 0.0743. The molecule has 2 atom stereocenters. The number of nitrogens with one attached hydrogen (secondary N) is 2. The molecular formula is C14H18Cl2N2O3. The first-order valence-corrected chi connectivity index (χ1v) is 7.57. The highest BCUT2D eigenvalue weighted by molar-refractivity contribution is 6.37. The summed E-state index contributed by atoms with van der Waals surface area (Å²) in [6, 6.07) is 5.27. The van der Waals surface area contributed by atoms with Crippen LogP contribution in [0, 0.1) is 0 Å². The Bertz CT molecular complexity index is 469. The molecule has 2 rings (SSSR count). The average molecular weight is 333 g/mol. The Morgan fingerprint density at radius 3 is 2.76 bits per heavy atom. The second kappa shape index (κ2) is 7.84. The number of halogens is 2. The number of piperidine rings is 1. The van der Waals surface area contributed by atoms with Gasteiger partial charge in [-0.25, -0.2) is 0 Å². The highest BCUT2D eigenvalue weighted by Crippen LogP contribution is 2.32. The number of hydrogen-bond donors (Lipinski definition) is 3. The fraction of sp³-hybridized carbons (Fsp3) is 0.500. The topological polar surface area (TPSA) is 70.6 Å². The summed E-state index contributed by atoms with van der Waals surface area (Å²) >= 11 is 12.0. The van der Waals surface area contributed by atoms with Crippen LogP contribution >= 0.6 is 23.2 Å². The lowest BCUT2D eigenvalue weighted by molar-refractivity contribution is -0.122. The van der Waals surface area contributed by atoms with Gasteiger partial charge in [-0.2, -0.15) is 0 Å². The van der Waals surface area contributed by atoms with Gasteiger partial charge in [0.15, 0.2) is 5.75 Å². The number of aliphatic hydroxyl groups excluding tert-OH is 1. The maximum Gasteiger partial charge on any atom is 0.220 e. The summed E-state index contributed by atoms with van der Waals surface area (Å²) in [4.78, 5) is 11.0. The number of ether oxygens (including phenoxy) is 1. The van der Waals surface area contributed by atoms with Crippen molar-refractivity contribution >= 4 is 29.1 Å². The third-order valence-electron chi connectivity index (χ3n) is 3.25. The zero-order valence-corrected chi connectivity index (χ0v) is 13.0. The van der Waals surface area contributed by atoms with Crippen molar-refractivity contribution in [1.82, 2.24) is 10.6 Å². The van der Waals surface area contributed by atoms with Gasteiger partial charge in [0.25, 0.3) is 0 Å². The second-order valence-electron chi connectivity index (χ2n) is 4.96. The standard InChI is InChI=1S/C14H18Cl2N2O3/c15-11-2-1-3-12(16)14(11)21-8-10(19)7-17-9-4-5-13(20)18-6-9/h1-3,9-10,17,19H,4-8H2,(H,18,20). The Labute approximate surface area is 133 Å². The molecule has 1 amide bonds. The Balaban J connectivity index is 1.72. The van der Waals surface area contributed by atoms with E-state index in [1.54, 1.807) is 18.2 Å². The Hall–Kier alpha value is -1.01. The molecule has 2 unspecified atom stereocenters. The molecule has 1 aromatic carbocycles. The summed E-state index contributed by atoms with van der Waals surface area (Å²) in [6.45, 7) is 1.06. The molecule has 1 saturated heterocycles. The Morgan fingerprint density at radius 2 is 2.14 bits per heavy atom. The van der Waals surface area contributed by atoms with Gasteiger partial charge in [0.2, 0.25) is 5.91 Å². The van der Waals surface area contributed by atoms with Gasteiger partial charge in [0.05, 0.1) is 10.0 Å². The van der Waals surface area contributed by atoms with Crippen LogP contribution in [0.15, 0.2) is 18.2 Å². The predicted octanol–water partition coefficient (Wildman–Crippen LogP) is 1.60. The van der Waals surface area contributed by atoms with E-state index >= 15 is 0 Å². The van der Waals surface area contributed by atoms with Gasteiger partial charge in [-0.05, 0) is 18.6 Å². The number of carbonyl (C=O) groups is 1. The summed E-state index contributed by atoms with van der Waals surface area (Å²) in [5, 5.41) is 16.7. The molecule has 0 saturated carbocycles. The van der Waals surface area contributed by atoms with Crippen molar-refractivity contribution < 1.29 is 14.6 Å². The van der Waals surface area contributed by atoms with Crippen molar-refractivity contribution in [2.45, 2.75) is 25.0 Å². The van der Waals surface area contributed by atoms with Crippen molar-refractivity contribution in [2.75, 3.05) is 19.7 Å². The molecule has 1 heterocycles. The van der Waals surface area contributed by atoms with Crippen LogP contribution in [0.3, 0.4) is 0 Å². The number of benzene rings is 1. The lowest BCUT2D eigenvalue weighted by atomic mass is 10.1. The van der Waals surface area contributed by atoms with Crippen LogP contribution in [-0.4, -0.2) is 42.9 Å². The second-order valence-corrected chi connectivity index (χ2v) is 5.78. The lowest BCUT2D eigenvalue weighted by Crippen LogP contribution is -2.48. The van der Waals surface area contributed by atoms with E-state index in [2.05, 4.69) is 10.6 Å². The van der Waals surface area contributed by atoms with Crippen molar-refractivity contribution in [3.8, 4) is 5.75 Å². The summed E-state index contributed by atoms with van der Waals surface area (Å²) in [5.41, 5.74) is 0. The largest absolute Gasteiger partial charge is 0.488 e. The van der Waals surface area contributed by atoms with Gasteiger partial charge in [-0.1, -0.05) is 29.3 Å². The molecular weight excluding hydrogens is 315 g/mol. The molecule has 5 nitrogen and oxygen atoms in total. The predicted molar refractivity (Wildman–Crippen MR) is 82.0 cm³/mol. The van der Waals surface area contributed by atoms with Gasteiger partial charge in [0, 0.05) is 25.6 Å². The van der Waals surface area contributed by atoms with Crippen LogP contribution in [-0.2, 0) is 4.79 Å². The highest BCUT2D eigenvalue weighted by atomic mass is 35.5. The third kappa shape index (κ3) is 5.04. The SMILES string of the molecule is O=C1CCC(NCC(O)COc2c(Cl)cccc2Cl)CN1. The van der Waals surface area contributed by atoms with E-state index in [9.17, 15) is 9.90 Å². The van der Waals surface area contributed by atoms with Gasteiger partial charge < -0.3 is 20.5 Å². The van der Waals surface area contributed by atoms with Crippen LogP contribution in [0.5, 0.6) is 5.75 Å². The smallest absolute Gasteiger partial charge is 0.220 e. The van der Waals surface area contributed by atoms with Crippen molar-refractivity contribution in [2.24, 2.45) is 0 Å². The van der Waals surface area contributed by atoms with Crippen LogP contribution in [0.1, 0.15) is 12.8 Å². The monoisotopic (exact) mass is 332 g/mol. The molecule has 0 aromatic heterocycles. The summed E-state index contributed by atoms with van der Waals surface area (Å²) in [7, 11) is 0. The first-order valence-electron chi connectivity index (χ1n) is 6.81. The summed E-state index contributed by atoms with van der Waals surface area (Å²) in [6.07, 6.45) is 0.602. The first kappa shape index (κ1) is 16.4. The molecule has 1 aliphatic rings. The van der Waals surface area contributed by atoms with Crippen LogP contribution in [0.4, 0.5) is 0 Å². The van der Waals surface area contributed by atoms with E-state index in [-0.39, 0.29) is 18.6 Å². The van der Waals surface area contributed by atoms with E-state index in [0.29, 0.717) is 35.3 Å². The lowest BCUT2D eigenvalue weighted by Gasteiger charge is -2.24. The maximum atomic E-state index is 11.0. The van der Waals surface area contributed by atoms with Crippen molar-refractivity contribution in [1.29, 1.82) is 0 Å². The van der Waals surface area contributed by atoms with Gasteiger partial charge in [-0.15, -0.1) is 0 Å². The molecule has 0 radical (unpaired) electrons. The van der Waals surface area contributed by atoms with Gasteiger partial charge in [0.1, 0.15) is 12.7 Å². The van der Waals surface area contributed by atoms with Crippen LogP contribution < -0.4 is 15.4 Å². The zero-order valence-electron chi connectivity index (χ0n) is 11.4. The number of amides is 1. The number of carbonyl (C=O) groups excluding carboxylic acids is 1. The summed E-state index contributed by atoms with van der Waals surface area (Å²) < 4.78 is 5.46. The Morgan fingerprint density at radius 1 is 1.43 bits per heavy atom. The van der Waals surface area contributed by atoms with Crippen LogP contribution in [0.2, 0.25) is 10.0 Å². The van der Waals surface area contributed by atoms with Crippen molar-refractivity contribution in [3.63, 3.8) is 0 Å². The number of aliphatic hydroxyl groups is 1. The quantitative estimate of drug-likeness (QED) is 0.740. The number of rotatable bonds is 6. The highest BCUT2D eigenvalue weighted by Gasteiger charge is 2.18. The molecule has 0 aliphatic carbocycles. The molecule has 3 N–H and O–H groups in total. The van der Waals surface area contributed by atoms with Gasteiger partial charge >= 0.3 is 0 Å². The molecule has 7 heteroatoms. The zero-order chi connectivity index (χ0) is 15.2. The van der Waals surface area contributed by atoms with E-state index in [1.807, 2.05) is 0 Å². The molecule has 1 aliphatic heterocycles. The fourth-order valence-electron chi connectivity index (χ4n) is 2.07. The molecule has 1 fully saturated rings. The average Bonchev–Trinajstić information content (AvgIpc) is 2.46. The fourth-order valence-corrected chi connectivity index (χ4v) is 2.58. The molecule has 21 heavy (non-hydrogen) atoms.